The van der Waals surface area contributed by atoms with Crippen molar-refractivity contribution < 1.29 is 28.6 Å². The molecule has 4 atom stereocenters. The van der Waals surface area contributed by atoms with Gasteiger partial charge in [-0.15, -0.1) is 0 Å². The van der Waals surface area contributed by atoms with Crippen molar-refractivity contribution in [3.8, 4) is 5.75 Å². The Kier molecular flexibility index (Phi) is 5.22. The minimum absolute atomic E-state index is 0.0982. The lowest BCUT2D eigenvalue weighted by Crippen LogP contribution is -2.54. The van der Waals surface area contributed by atoms with E-state index in [0.717, 1.165) is 10.2 Å². The molecule has 0 aliphatic carbocycles. The van der Waals surface area contributed by atoms with E-state index >= 15 is 0 Å². The van der Waals surface area contributed by atoms with Crippen molar-refractivity contribution in [2.75, 3.05) is 51.3 Å². The molecular formula is C24H26N4O6S. The zero-order chi connectivity index (χ0) is 24.3. The maximum atomic E-state index is 13.7. The van der Waals surface area contributed by atoms with Crippen LogP contribution in [0.25, 0.3) is 10.2 Å². The van der Waals surface area contributed by atoms with Crippen LogP contribution >= 0.6 is 11.3 Å². The molecule has 10 nitrogen and oxygen atoms in total. The Morgan fingerprint density at radius 2 is 2.00 bits per heavy atom. The summed E-state index contributed by atoms with van der Waals surface area (Å²) in [6.07, 6.45) is 3.08. The van der Waals surface area contributed by atoms with E-state index in [2.05, 4.69) is 4.98 Å². The molecule has 4 aliphatic rings. The van der Waals surface area contributed by atoms with Crippen LogP contribution in [0.3, 0.4) is 0 Å². The maximum absolute atomic E-state index is 13.7. The molecular weight excluding hydrogens is 472 g/mol. The molecule has 1 spiro atoms. The van der Waals surface area contributed by atoms with E-state index < -0.39 is 23.5 Å². The number of carbonyl (C=O) groups excluding carboxylic acids is 3. The van der Waals surface area contributed by atoms with E-state index in [9.17, 15) is 14.4 Å². The van der Waals surface area contributed by atoms with Crippen LogP contribution in [-0.2, 0) is 19.1 Å². The van der Waals surface area contributed by atoms with Crippen LogP contribution < -0.4 is 9.64 Å². The van der Waals surface area contributed by atoms with Crippen molar-refractivity contribution in [2.45, 2.75) is 18.6 Å². The molecule has 35 heavy (non-hydrogen) atoms. The molecule has 11 heteroatoms. The third kappa shape index (κ3) is 3.40. The average Bonchev–Trinajstić information content (AvgIpc) is 3.62. The van der Waals surface area contributed by atoms with E-state index in [0.29, 0.717) is 50.2 Å². The van der Waals surface area contributed by atoms with E-state index in [1.807, 2.05) is 30.4 Å². The average molecular weight is 499 g/mol. The Balaban J connectivity index is 1.22. The van der Waals surface area contributed by atoms with E-state index in [1.54, 1.807) is 28.7 Å². The highest BCUT2D eigenvalue weighted by Gasteiger charge is 2.67. The van der Waals surface area contributed by atoms with Gasteiger partial charge < -0.3 is 24.0 Å². The first kappa shape index (κ1) is 22.3. The number of nitrogens with zero attached hydrogens (tertiary/aromatic N) is 4. The molecule has 1 aromatic carbocycles. The van der Waals surface area contributed by atoms with Gasteiger partial charge in [-0.2, -0.15) is 0 Å². The molecule has 0 saturated carbocycles. The zero-order valence-corrected chi connectivity index (χ0v) is 20.3. The van der Waals surface area contributed by atoms with Gasteiger partial charge in [0.05, 0.1) is 48.4 Å². The molecule has 184 valence electrons. The summed E-state index contributed by atoms with van der Waals surface area (Å²) < 4.78 is 17.6. The highest BCUT2D eigenvalue weighted by molar-refractivity contribution is 7.22. The molecule has 3 amide bonds. The third-order valence-electron chi connectivity index (χ3n) is 7.32. The molecule has 0 N–H and O–H groups in total. The molecule has 0 radical (unpaired) electrons. The molecule has 5 heterocycles. The molecule has 3 saturated heterocycles. The van der Waals surface area contributed by atoms with Gasteiger partial charge in [0, 0.05) is 32.2 Å². The number of anilines is 1. The number of hydrogen-bond donors (Lipinski definition) is 0. The smallest absolute Gasteiger partial charge is 0.409 e. The Bertz CT molecular complexity index is 1240. The number of carbonyl (C=O) groups is 3. The van der Waals surface area contributed by atoms with Crippen molar-refractivity contribution >= 4 is 44.6 Å². The lowest BCUT2D eigenvalue weighted by Gasteiger charge is -2.36. The Labute approximate surface area is 206 Å². The maximum Gasteiger partial charge on any atom is 0.409 e. The second-order valence-electron chi connectivity index (χ2n) is 9.17. The number of ether oxygens (including phenoxy) is 3. The van der Waals surface area contributed by atoms with Crippen molar-refractivity contribution in [2.24, 2.45) is 11.8 Å². The summed E-state index contributed by atoms with van der Waals surface area (Å²) in [5.41, 5.74) is -0.0516. The second kappa shape index (κ2) is 8.20. The first-order chi connectivity index (χ1) is 16.9. The monoisotopic (exact) mass is 498 g/mol. The highest BCUT2D eigenvalue weighted by atomic mass is 32.1. The standard InChI is InChI=1S/C24H26N4O6S/c1-3-33-23(31)27-10-8-26(9-11-27)20(29)18-16-6-7-24(34-16)13-28(21(30)19(18)24)22-25-15-12-14(32-2)4-5-17(15)35-22/h4-7,12,16,18-19H,3,8-11,13H2,1-2H3/t16-,18-,19+,24+/m1/s1. The third-order valence-corrected chi connectivity index (χ3v) is 8.38. The predicted octanol–water partition coefficient (Wildman–Crippen LogP) is 1.89. The Morgan fingerprint density at radius 3 is 2.74 bits per heavy atom. The van der Waals surface area contributed by atoms with Gasteiger partial charge >= 0.3 is 6.09 Å². The van der Waals surface area contributed by atoms with E-state index in [-0.39, 0.29) is 17.9 Å². The van der Waals surface area contributed by atoms with Gasteiger partial charge in [-0.05, 0) is 19.1 Å². The summed E-state index contributed by atoms with van der Waals surface area (Å²) in [6.45, 7) is 4.04. The number of piperazine rings is 1. The van der Waals surface area contributed by atoms with Gasteiger partial charge in [0.2, 0.25) is 11.8 Å². The predicted molar refractivity (Wildman–Crippen MR) is 127 cm³/mol. The minimum atomic E-state index is -0.815. The van der Waals surface area contributed by atoms with Crippen LogP contribution in [0.15, 0.2) is 30.4 Å². The Morgan fingerprint density at radius 1 is 1.23 bits per heavy atom. The number of aromatic nitrogens is 1. The lowest BCUT2D eigenvalue weighted by molar-refractivity contribution is -0.141. The summed E-state index contributed by atoms with van der Waals surface area (Å²) >= 11 is 1.44. The Hall–Kier alpha value is -3.18. The fourth-order valence-corrected chi connectivity index (χ4v) is 6.57. The molecule has 3 fully saturated rings. The lowest BCUT2D eigenvalue weighted by atomic mass is 9.76. The summed E-state index contributed by atoms with van der Waals surface area (Å²) in [5, 5.41) is 0.594. The van der Waals surface area contributed by atoms with Crippen LogP contribution in [-0.4, -0.2) is 90.8 Å². The van der Waals surface area contributed by atoms with Gasteiger partial charge in [-0.25, -0.2) is 9.78 Å². The van der Waals surface area contributed by atoms with Gasteiger partial charge in [0.15, 0.2) is 5.13 Å². The number of rotatable bonds is 4. The summed E-state index contributed by atoms with van der Waals surface area (Å²) in [4.78, 5) is 49.0. The number of amides is 3. The van der Waals surface area contributed by atoms with E-state index in [1.165, 1.54) is 11.3 Å². The molecule has 4 aliphatic heterocycles. The topological polar surface area (TPSA) is 102 Å². The molecule has 1 aromatic heterocycles. The second-order valence-corrected chi connectivity index (χ2v) is 10.2. The fourth-order valence-electron chi connectivity index (χ4n) is 5.61. The molecule has 0 unspecified atom stereocenters. The van der Waals surface area contributed by atoms with Crippen molar-refractivity contribution in [3.63, 3.8) is 0 Å². The van der Waals surface area contributed by atoms with Gasteiger partial charge in [-0.3, -0.25) is 14.5 Å². The van der Waals surface area contributed by atoms with Crippen LogP contribution in [0, 0.1) is 11.8 Å². The quantitative estimate of drug-likeness (QED) is 0.594. The van der Waals surface area contributed by atoms with Gasteiger partial charge in [0.1, 0.15) is 11.4 Å². The largest absolute Gasteiger partial charge is 0.497 e. The summed E-state index contributed by atoms with van der Waals surface area (Å²) in [7, 11) is 1.60. The van der Waals surface area contributed by atoms with Crippen molar-refractivity contribution in [3.05, 3.63) is 30.4 Å². The van der Waals surface area contributed by atoms with Crippen LogP contribution in [0.2, 0.25) is 0 Å². The van der Waals surface area contributed by atoms with Gasteiger partial charge in [-0.1, -0.05) is 23.5 Å². The first-order valence-electron chi connectivity index (χ1n) is 11.8. The highest BCUT2D eigenvalue weighted by Crippen LogP contribution is 2.53. The number of fused-ring (bicyclic) bond motifs is 2. The number of thiazole rings is 1. The van der Waals surface area contributed by atoms with Crippen LogP contribution in [0.4, 0.5) is 9.93 Å². The molecule has 2 bridgehead atoms. The van der Waals surface area contributed by atoms with Crippen LogP contribution in [0.5, 0.6) is 5.75 Å². The van der Waals surface area contributed by atoms with E-state index in [4.69, 9.17) is 14.2 Å². The minimum Gasteiger partial charge on any atom is -0.497 e. The zero-order valence-electron chi connectivity index (χ0n) is 19.5. The van der Waals surface area contributed by atoms with Crippen molar-refractivity contribution in [1.82, 2.24) is 14.8 Å². The number of methoxy groups -OCH3 is 1. The normalized spacial score (nSPS) is 29.3. The van der Waals surface area contributed by atoms with Crippen molar-refractivity contribution in [1.29, 1.82) is 0 Å². The number of hydrogen-bond acceptors (Lipinski definition) is 8. The SMILES string of the molecule is CCOC(=O)N1CCN(C(=O)[C@H]2[C@H]3C(=O)N(c4nc5cc(OC)ccc5s4)C[C@@]34C=C[C@H]2O4)CC1. The van der Waals surface area contributed by atoms with Crippen LogP contribution in [0.1, 0.15) is 6.92 Å². The summed E-state index contributed by atoms with van der Waals surface area (Å²) in [5.74, 6) is -0.697. The first-order valence-corrected chi connectivity index (χ1v) is 12.6. The molecule has 6 rings (SSSR count). The summed E-state index contributed by atoms with van der Waals surface area (Å²) in [6, 6.07) is 5.64. The number of benzene rings is 1. The molecule has 2 aromatic rings. The van der Waals surface area contributed by atoms with Gasteiger partial charge in [0.25, 0.3) is 0 Å². The fraction of sp³-hybridized carbons (Fsp3) is 0.500.